The van der Waals surface area contributed by atoms with Crippen molar-refractivity contribution in [3.8, 4) is 0 Å². The molecule has 0 fully saturated rings. The fourth-order valence-corrected chi connectivity index (χ4v) is 4.24. The van der Waals surface area contributed by atoms with Gasteiger partial charge in [-0.2, -0.15) is 0 Å². The highest BCUT2D eigenvalue weighted by atomic mass is 28.4. The van der Waals surface area contributed by atoms with Crippen LogP contribution in [-0.2, 0) is 20.5 Å². The molecule has 2 atom stereocenters. The molecule has 1 aromatic rings. The van der Waals surface area contributed by atoms with E-state index in [2.05, 4.69) is 72.8 Å². The van der Waals surface area contributed by atoms with Crippen molar-refractivity contribution in [1.29, 1.82) is 0 Å². The first-order chi connectivity index (χ1) is 12.4. The normalized spacial score (nSPS) is 21.4. The van der Waals surface area contributed by atoms with E-state index in [1.54, 1.807) is 0 Å². The Hall–Kier alpha value is -0.943. The molecule has 2 rings (SSSR count). The molecule has 0 N–H and O–H groups in total. The maximum atomic E-state index is 6.63. The van der Waals surface area contributed by atoms with Gasteiger partial charge in [0.1, 0.15) is 0 Å². The van der Waals surface area contributed by atoms with E-state index in [0.29, 0.717) is 13.2 Å². The second-order valence-corrected chi connectivity index (χ2v) is 14.8. The van der Waals surface area contributed by atoms with Crippen LogP contribution in [0.25, 0.3) is 0 Å². The van der Waals surface area contributed by atoms with E-state index in [0.717, 1.165) is 6.42 Å². The summed E-state index contributed by atoms with van der Waals surface area (Å²) >= 11 is 0. The molecule has 0 aromatic heterocycles. The Labute approximate surface area is 167 Å². The van der Waals surface area contributed by atoms with Crippen LogP contribution in [0, 0.1) is 0 Å². The zero-order valence-electron chi connectivity index (χ0n) is 18.5. The van der Waals surface area contributed by atoms with Gasteiger partial charge in [0.2, 0.25) is 0 Å². The van der Waals surface area contributed by atoms with Gasteiger partial charge in [-0.15, -0.1) is 0 Å². The Morgan fingerprint density at radius 1 is 0.963 bits per heavy atom. The smallest absolute Gasteiger partial charge is 0.192 e. The first kappa shape index (κ1) is 22.3. The minimum atomic E-state index is -1.81. The second-order valence-electron chi connectivity index (χ2n) is 10.1. The largest absolute Gasteiger partial charge is 0.410 e. The first-order valence-corrected chi connectivity index (χ1v) is 13.0. The summed E-state index contributed by atoms with van der Waals surface area (Å²) in [6.45, 7) is 19.0. The number of hydrogen-bond acceptors (Lipinski definition) is 3. The minimum Gasteiger partial charge on any atom is -0.410 e. The third-order valence-corrected chi connectivity index (χ3v) is 9.89. The van der Waals surface area contributed by atoms with Crippen LogP contribution in [0.5, 0.6) is 0 Å². The molecule has 0 saturated heterocycles. The zero-order valence-corrected chi connectivity index (χ0v) is 19.5. The summed E-state index contributed by atoms with van der Waals surface area (Å²) < 4.78 is 19.0. The predicted molar refractivity (Wildman–Crippen MR) is 115 cm³/mol. The van der Waals surface area contributed by atoms with Gasteiger partial charge in [-0.05, 0) is 50.0 Å². The van der Waals surface area contributed by atoms with Crippen LogP contribution in [0.1, 0.15) is 53.5 Å². The highest BCUT2D eigenvalue weighted by Gasteiger charge is 2.41. The average Bonchev–Trinajstić information content (AvgIpc) is 2.86. The third kappa shape index (κ3) is 6.86. The Kier molecular flexibility index (Phi) is 7.12. The van der Waals surface area contributed by atoms with Crippen molar-refractivity contribution in [1.82, 2.24) is 0 Å². The minimum absolute atomic E-state index is 0.0653. The van der Waals surface area contributed by atoms with E-state index in [4.69, 9.17) is 13.9 Å². The molecule has 0 unspecified atom stereocenters. The molecule has 0 bridgehead atoms. The van der Waals surface area contributed by atoms with Crippen molar-refractivity contribution in [2.45, 2.75) is 90.5 Å². The van der Waals surface area contributed by atoms with Gasteiger partial charge in [0.15, 0.2) is 8.32 Å². The predicted octanol–water partition coefficient (Wildman–Crippen LogP) is 6.11. The molecule has 3 nitrogen and oxygen atoms in total. The van der Waals surface area contributed by atoms with Crippen molar-refractivity contribution in [2.24, 2.45) is 0 Å². The molecule has 4 heteroatoms. The van der Waals surface area contributed by atoms with Gasteiger partial charge < -0.3 is 13.9 Å². The number of rotatable bonds is 7. The summed E-state index contributed by atoms with van der Waals surface area (Å²) in [5.74, 6) is 0. The van der Waals surface area contributed by atoms with Gasteiger partial charge >= 0.3 is 0 Å². The Bertz CT molecular complexity index is 623. The van der Waals surface area contributed by atoms with E-state index in [-0.39, 0.29) is 22.8 Å². The Balaban J connectivity index is 2.03. The van der Waals surface area contributed by atoms with Gasteiger partial charge in [-0.25, -0.2) is 0 Å². The maximum absolute atomic E-state index is 6.63. The molecule has 0 amide bonds. The van der Waals surface area contributed by atoms with Crippen molar-refractivity contribution >= 4 is 8.32 Å². The molecule has 0 heterocycles. The molecule has 0 aliphatic heterocycles. The molecule has 1 aliphatic rings. The standard InChI is InChI=1S/C23H38O3Si/c1-22(2,3)25-21-15-20(26-27(7,8)23(4,5)6)14-19(21)17-24-16-18-12-10-9-11-13-18/h9-14,20-21H,15-17H2,1-8H3/t20-,21-/m0/s1. The van der Waals surface area contributed by atoms with Crippen LogP contribution in [0.2, 0.25) is 18.1 Å². The van der Waals surface area contributed by atoms with Crippen molar-refractivity contribution in [2.75, 3.05) is 6.61 Å². The van der Waals surface area contributed by atoms with E-state index >= 15 is 0 Å². The van der Waals surface area contributed by atoms with E-state index in [9.17, 15) is 0 Å². The lowest BCUT2D eigenvalue weighted by atomic mass is 10.1. The van der Waals surface area contributed by atoms with Crippen LogP contribution >= 0.6 is 0 Å². The fourth-order valence-electron chi connectivity index (χ4n) is 2.97. The fraction of sp³-hybridized carbons (Fsp3) is 0.652. The molecular weight excluding hydrogens is 352 g/mol. The van der Waals surface area contributed by atoms with Gasteiger partial charge in [0.25, 0.3) is 0 Å². The van der Waals surface area contributed by atoms with E-state index < -0.39 is 8.32 Å². The van der Waals surface area contributed by atoms with Crippen molar-refractivity contribution in [3.63, 3.8) is 0 Å². The van der Waals surface area contributed by atoms with Crippen LogP contribution in [0.4, 0.5) is 0 Å². The van der Waals surface area contributed by atoms with Crippen LogP contribution in [0.3, 0.4) is 0 Å². The summed E-state index contributed by atoms with van der Waals surface area (Å²) in [5, 5.41) is 0.202. The summed E-state index contributed by atoms with van der Waals surface area (Å²) in [7, 11) is -1.81. The van der Waals surface area contributed by atoms with Crippen LogP contribution in [-0.4, -0.2) is 32.7 Å². The summed E-state index contributed by atoms with van der Waals surface area (Å²) in [6, 6.07) is 10.3. The molecule has 152 valence electrons. The van der Waals surface area contributed by atoms with E-state index in [1.165, 1.54) is 11.1 Å². The maximum Gasteiger partial charge on any atom is 0.192 e. The average molecular weight is 391 g/mol. The van der Waals surface area contributed by atoms with Crippen molar-refractivity contribution in [3.05, 3.63) is 47.5 Å². The lowest BCUT2D eigenvalue weighted by molar-refractivity contribution is -0.0534. The number of hydrogen-bond donors (Lipinski definition) is 0. The Morgan fingerprint density at radius 2 is 1.59 bits per heavy atom. The zero-order chi connectivity index (χ0) is 20.3. The molecule has 0 saturated carbocycles. The van der Waals surface area contributed by atoms with Crippen LogP contribution in [0.15, 0.2) is 42.0 Å². The summed E-state index contributed by atoms with van der Waals surface area (Å²) in [4.78, 5) is 0. The lowest BCUT2D eigenvalue weighted by Gasteiger charge is -2.38. The quantitative estimate of drug-likeness (QED) is 0.415. The molecule has 1 aromatic carbocycles. The molecule has 27 heavy (non-hydrogen) atoms. The summed E-state index contributed by atoms with van der Waals surface area (Å²) in [6.07, 6.45) is 3.32. The van der Waals surface area contributed by atoms with Gasteiger partial charge in [0, 0.05) is 6.42 Å². The highest BCUT2D eigenvalue weighted by molar-refractivity contribution is 6.74. The Morgan fingerprint density at radius 3 is 2.15 bits per heavy atom. The first-order valence-electron chi connectivity index (χ1n) is 10.1. The third-order valence-electron chi connectivity index (χ3n) is 5.39. The van der Waals surface area contributed by atoms with Crippen molar-refractivity contribution < 1.29 is 13.9 Å². The molecule has 0 radical (unpaired) electrons. The monoisotopic (exact) mass is 390 g/mol. The van der Waals surface area contributed by atoms with Crippen LogP contribution < -0.4 is 0 Å². The van der Waals surface area contributed by atoms with Gasteiger partial charge in [-0.1, -0.05) is 57.2 Å². The SMILES string of the molecule is CC(C)(C)O[C@H]1C[C@@H](O[Si](C)(C)C(C)(C)C)C=C1COCc1ccccc1. The lowest BCUT2D eigenvalue weighted by Crippen LogP contribution is -2.43. The van der Waals surface area contributed by atoms with Gasteiger partial charge in [-0.3, -0.25) is 0 Å². The molecular formula is C23H38O3Si. The van der Waals surface area contributed by atoms with Gasteiger partial charge in [0.05, 0.1) is 31.0 Å². The molecule has 1 aliphatic carbocycles. The number of benzene rings is 1. The number of ether oxygens (including phenoxy) is 2. The highest BCUT2D eigenvalue weighted by Crippen LogP contribution is 2.40. The second kappa shape index (κ2) is 8.60. The summed E-state index contributed by atoms with van der Waals surface area (Å²) in [5.41, 5.74) is 2.22. The topological polar surface area (TPSA) is 27.7 Å². The molecule has 0 spiro atoms. The van der Waals surface area contributed by atoms with E-state index in [1.807, 2.05) is 18.2 Å².